The van der Waals surface area contributed by atoms with Crippen molar-refractivity contribution in [2.45, 2.75) is 33.0 Å². The number of aliphatic hydroxyl groups excluding tert-OH is 1. The molecule has 23 heavy (non-hydrogen) atoms. The third-order valence-corrected chi connectivity index (χ3v) is 4.28. The molecule has 0 spiro atoms. The fourth-order valence-electron chi connectivity index (χ4n) is 3.03. The van der Waals surface area contributed by atoms with Gasteiger partial charge in [-0.2, -0.15) is 0 Å². The monoisotopic (exact) mass is 312 g/mol. The van der Waals surface area contributed by atoms with Gasteiger partial charge in [-0.1, -0.05) is 18.2 Å². The number of anilines is 1. The van der Waals surface area contributed by atoms with E-state index in [0.29, 0.717) is 18.4 Å². The molecular formula is C18H20N2O3. The lowest BCUT2D eigenvalue weighted by Gasteiger charge is -2.04. The fraction of sp³-hybridized carbons (Fsp3) is 0.278. The molecule has 1 aromatic carbocycles. The van der Waals surface area contributed by atoms with Crippen molar-refractivity contribution in [2.75, 3.05) is 5.32 Å². The van der Waals surface area contributed by atoms with Crippen molar-refractivity contribution >= 4 is 23.2 Å². The van der Waals surface area contributed by atoms with Crippen LogP contribution in [-0.4, -0.2) is 27.4 Å². The number of aromatic amines is 1. The molecule has 5 heteroatoms. The van der Waals surface area contributed by atoms with Gasteiger partial charge in [-0.25, -0.2) is 0 Å². The van der Waals surface area contributed by atoms with Crippen molar-refractivity contribution in [3.05, 3.63) is 52.3 Å². The zero-order valence-electron chi connectivity index (χ0n) is 13.2. The number of aryl methyl sites for hydroxylation is 1. The number of H-pyrrole nitrogens is 1. The minimum Gasteiger partial charge on any atom is -0.368 e. The number of nitrogens with one attached hydrogen (secondary N) is 2. The Hall–Kier alpha value is -2.37. The molecular weight excluding hydrogens is 292 g/mol. The van der Waals surface area contributed by atoms with E-state index in [4.69, 9.17) is 10.2 Å². The second kappa shape index (κ2) is 6.02. The van der Waals surface area contributed by atoms with Crippen LogP contribution in [0.15, 0.2) is 24.3 Å². The number of para-hydroxylation sites is 1. The summed E-state index contributed by atoms with van der Waals surface area (Å²) in [6.45, 7) is 3.94. The normalized spacial score (nSPS) is 15.3. The highest BCUT2D eigenvalue weighted by Crippen LogP contribution is 2.33. The molecule has 0 bridgehead atoms. The molecule has 0 fully saturated rings. The number of aliphatic hydroxyl groups is 2. The van der Waals surface area contributed by atoms with Crippen LogP contribution >= 0.6 is 0 Å². The van der Waals surface area contributed by atoms with Gasteiger partial charge >= 0.3 is 0 Å². The van der Waals surface area contributed by atoms with E-state index in [2.05, 4.69) is 10.3 Å². The van der Waals surface area contributed by atoms with Gasteiger partial charge in [0.25, 0.3) is 5.91 Å². The number of carbonyl (C=O) groups excluding carboxylic acids is 1. The van der Waals surface area contributed by atoms with Crippen LogP contribution in [0.2, 0.25) is 0 Å². The first-order valence-electron chi connectivity index (χ1n) is 7.64. The lowest BCUT2D eigenvalue weighted by molar-refractivity contribution is -0.110. The summed E-state index contributed by atoms with van der Waals surface area (Å²) in [6.07, 6.45) is 1.43. The summed E-state index contributed by atoms with van der Waals surface area (Å²) < 4.78 is 0. The van der Waals surface area contributed by atoms with Crippen LogP contribution in [0.25, 0.3) is 11.6 Å². The molecule has 0 atom stereocenters. The first-order valence-corrected chi connectivity index (χ1v) is 7.64. The number of benzene rings is 1. The van der Waals surface area contributed by atoms with Crippen LogP contribution in [0, 0.1) is 13.8 Å². The van der Waals surface area contributed by atoms with Crippen molar-refractivity contribution in [1.29, 1.82) is 0 Å². The van der Waals surface area contributed by atoms with Crippen LogP contribution in [0.3, 0.4) is 0 Å². The molecule has 1 aliphatic rings. The average molecular weight is 312 g/mol. The summed E-state index contributed by atoms with van der Waals surface area (Å²) in [7, 11) is 0. The Kier molecular flexibility index (Phi) is 4.07. The SMILES string of the molecule is Cc1[nH]c(/C=C2\C(=O)Nc3ccccc32)c(C)c1CCC(O)O. The summed E-state index contributed by atoms with van der Waals surface area (Å²) in [5.74, 6) is -0.106. The maximum Gasteiger partial charge on any atom is 0.256 e. The van der Waals surface area contributed by atoms with E-state index >= 15 is 0 Å². The molecule has 0 aliphatic carbocycles. The minimum atomic E-state index is -1.31. The first kappa shape index (κ1) is 15.5. The number of hydrogen-bond donors (Lipinski definition) is 4. The summed E-state index contributed by atoms with van der Waals surface area (Å²) >= 11 is 0. The predicted molar refractivity (Wildman–Crippen MR) is 89.8 cm³/mol. The van der Waals surface area contributed by atoms with E-state index < -0.39 is 6.29 Å². The molecule has 5 nitrogen and oxygen atoms in total. The Bertz CT molecular complexity index is 788. The zero-order valence-corrected chi connectivity index (χ0v) is 13.2. The lowest BCUT2D eigenvalue weighted by Crippen LogP contribution is -2.06. The standard InChI is InChI=1S/C18H20N2O3/c1-10-12(7-8-17(21)22)11(2)19-16(10)9-14-13-5-3-4-6-15(13)20-18(14)23/h3-6,9,17,19,21-22H,7-8H2,1-2H3,(H,20,23)/b14-9-. The van der Waals surface area contributed by atoms with Crippen molar-refractivity contribution in [1.82, 2.24) is 4.98 Å². The highest BCUT2D eigenvalue weighted by atomic mass is 16.5. The van der Waals surface area contributed by atoms with Gasteiger partial charge < -0.3 is 20.5 Å². The predicted octanol–water partition coefficient (Wildman–Crippen LogP) is 2.37. The van der Waals surface area contributed by atoms with Crippen molar-refractivity contribution < 1.29 is 15.0 Å². The van der Waals surface area contributed by atoms with Gasteiger partial charge in [-0.05, 0) is 43.5 Å². The molecule has 0 unspecified atom stereocenters. The molecule has 3 rings (SSSR count). The Balaban J connectivity index is 1.97. The average Bonchev–Trinajstić information content (AvgIpc) is 2.95. The molecule has 1 aromatic heterocycles. The summed E-state index contributed by atoms with van der Waals surface area (Å²) in [5.41, 5.74) is 6.33. The van der Waals surface area contributed by atoms with Gasteiger partial charge in [0, 0.05) is 29.1 Å². The van der Waals surface area contributed by atoms with Gasteiger partial charge in [0.15, 0.2) is 6.29 Å². The van der Waals surface area contributed by atoms with Gasteiger partial charge in [0.1, 0.15) is 0 Å². The molecule has 1 amide bonds. The Labute approximate surface area is 134 Å². The van der Waals surface area contributed by atoms with Crippen molar-refractivity contribution in [2.24, 2.45) is 0 Å². The number of hydrogen-bond acceptors (Lipinski definition) is 3. The van der Waals surface area contributed by atoms with Gasteiger partial charge in [-0.3, -0.25) is 4.79 Å². The number of fused-ring (bicyclic) bond motifs is 1. The largest absolute Gasteiger partial charge is 0.368 e. The fourth-order valence-corrected chi connectivity index (χ4v) is 3.03. The molecule has 2 aromatic rings. The molecule has 120 valence electrons. The molecule has 0 radical (unpaired) electrons. The Morgan fingerprint density at radius 1 is 1.22 bits per heavy atom. The van der Waals surface area contributed by atoms with Gasteiger partial charge in [-0.15, -0.1) is 0 Å². The first-order chi connectivity index (χ1) is 11.0. The van der Waals surface area contributed by atoms with E-state index in [-0.39, 0.29) is 5.91 Å². The lowest BCUT2D eigenvalue weighted by atomic mass is 10.0. The molecule has 0 saturated heterocycles. The molecule has 0 saturated carbocycles. The van der Waals surface area contributed by atoms with Crippen molar-refractivity contribution in [3.63, 3.8) is 0 Å². The minimum absolute atomic E-state index is 0.106. The van der Waals surface area contributed by atoms with Crippen LogP contribution < -0.4 is 5.32 Å². The second-order valence-corrected chi connectivity index (χ2v) is 5.84. The topological polar surface area (TPSA) is 85.4 Å². The maximum atomic E-state index is 12.2. The number of rotatable bonds is 4. The van der Waals surface area contributed by atoms with Crippen LogP contribution in [0.1, 0.15) is 34.5 Å². The quantitative estimate of drug-likeness (QED) is 0.516. The van der Waals surface area contributed by atoms with E-state index in [0.717, 1.165) is 33.8 Å². The maximum absolute atomic E-state index is 12.2. The highest BCUT2D eigenvalue weighted by Gasteiger charge is 2.24. The molecule has 2 heterocycles. The highest BCUT2D eigenvalue weighted by molar-refractivity contribution is 6.34. The number of aromatic nitrogens is 1. The smallest absolute Gasteiger partial charge is 0.256 e. The van der Waals surface area contributed by atoms with Crippen LogP contribution in [0.4, 0.5) is 5.69 Å². The second-order valence-electron chi connectivity index (χ2n) is 5.84. The van der Waals surface area contributed by atoms with Gasteiger partial charge in [0.05, 0.1) is 5.57 Å². The van der Waals surface area contributed by atoms with E-state index in [1.54, 1.807) is 0 Å². The zero-order chi connectivity index (χ0) is 16.6. The van der Waals surface area contributed by atoms with E-state index in [1.807, 2.05) is 44.2 Å². The molecule has 1 aliphatic heterocycles. The third-order valence-electron chi connectivity index (χ3n) is 4.28. The number of carbonyl (C=O) groups is 1. The number of amides is 1. The summed E-state index contributed by atoms with van der Waals surface area (Å²) in [5, 5.41) is 21.0. The summed E-state index contributed by atoms with van der Waals surface area (Å²) in [4.78, 5) is 15.5. The van der Waals surface area contributed by atoms with Gasteiger partial charge in [0.2, 0.25) is 0 Å². The van der Waals surface area contributed by atoms with E-state index in [9.17, 15) is 4.79 Å². The van der Waals surface area contributed by atoms with Crippen LogP contribution in [0.5, 0.6) is 0 Å². The van der Waals surface area contributed by atoms with Crippen LogP contribution in [-0.2, 0) is 11.2 Å². The Morgan fingerprint density at radius 3 is 2.70 bits per heavy atom. The summed E-state index contributed by atoms with van der Waals surface area (Å²) in [6, 6.07) is 7.61. The third kappa shape index (κ3) is 2.93. The Morgan fingerprint density at radius 2 is 1.96 bits per heavy atom. The molecule has 4 N–H and O–H groups in total. The van der Waals surface area contributed by atoms with Crippen molar-refractivity contribution in [3.8, 4) is 0 Å². The van der Waals surface area contributed by atoms with E-state index in [1.165, 1.54) is 0 Å².